The number of hydrazine groups is 1. The minimum absolute atomic E-state index is 0.228. The van der Waals surface area contributed by atoms with Gasteiger partial charge >= 0.3 is 0 Å². The summed E-state index contributed by atoms with van der Waals surface area (Å²) in [5.74, 6) is -0.647. The van der Waals surface area contributed by atoms with Crippen molar-refractivity contribution in [1.82, 2.24) is 30.0 Å². The van der Waals surface area contributed by atoms with Gasteiger partial charge in [-0.05, 0) is 54.8 Å². The summed E-state index contributed by atoms with van der Waals surface area (Å²) >= 11 is 3.31. The molecule has 0 radical (unpaired) electrons. The smallest absolute Gasteiger partial charge is 0.286 e. The fourth-order valence-corrected chi connectivity index (χ4v) is 3.57. The number of fused-ring (bicyclic) bond motifs is 1. The Kier molecular flexibility index (Phi) is 5.31. The molecule has 0 aliphatic carbocycles. The maximum Gasteiger partial charge on any atom is 0.286 e. The maximum absolute atomic E-state index is 12.1. The van der Waals surface area contributed by atoms with E-state index in [-0.39, 0.29) is 18.2 Å². The van der Waals surface area contributed by atoms with E-state index >= 15 is 0 Å². The molecule has 3 aromatic rings. The van der Waals surface area contributed by atoms with Crippen molar-refractivity contribution in [3.63, 3.8) is 0 Å². The molecule has 142 valence electrons. The van der Waals surface area contributed by atoms with Gasteiger partial charge in [0.1, 0.15) is 5.69 Å². The summed E-state index contributed by atoms with van der Waals surface area (Å²) in [6.07, 6.45) is 2.51. The number of amides is 2. The van der Waals surface area contributed by atoms with E-state index in [1.165, 1.54) is 0 Å². The molecule has 8 nitrogen and oxygen atoms in total. The number of carbonyl (C=O) groups is 2. The van der Waals surface area contributed by atoms with Crippen molar-refractivity contribution >= 4 is 33.4 Å². The molecule has 0 fully saturated rings. The Balaban J connectivity index is 1.61. The Morgan fingerprint density at radius 2 is 1.93 bits per heavy atom. The molecule has 0 aliphatic rings. The lowest BCUT2D eigenvalue weighted by atomic mass is 10.1. The molecule has 27 heavy (non-hydrogen) atoms. The third-order valence-electron chi connectivity index (χ3n) is 4.41. The SMILES string of the molecule is Cc1cc2nc(C)c(CCC(=O)NNC(=O)c3cc(Br)cn3C)c(C)n2n1. The van der Waals surface area contributed by atoms with E-state index in [0.29, 0.717) is 12.1 Å². The highest BCUT2D eigenvalue weighted by Crippen LogP contribution is 2.17. The van der Waals surface area contributed by atoms with E-state index in [0.717, 1.165) is 32.8 Å². The fourth-order valence-electron chi connectivity index (χ4n) is 3.04. The minimum atomic E-state index is -0.376. The Hall–Kier alpha value is -2.68. The lowest BCUT2D eigenvalue weighted by Crippen LogP contribution is -2.42. The number of carbonyl (C=O) groups excluding carboxylic acids is 2. The largest absolute Gasteiger partial charge is 0.345 e. The molecule has 2 amide bonds. The van der Waals surface area contributed by atoms with Crippen molar-refractivity contribution in [3.05, 3.63) is 51.1 Å². The highest BCUT2D eigenvalue weighted by Gasteiger charge is 2.14. The summed E-state index contributed by atoms with van der Waals surface area (Å²) in [6, 6.07) is 3.61. The Morgan fingerprint density at radius 1 is 1.19 bits per heavy atom. The average Bonchev–Trinajstić information content (AvgIpc) is 3.13. The maximum atomic E-state index is 12.1. The highest BCUT2D eigenvalue weighted by molar-refractivity contribution is 9.10. The zero-order valence-corrected chi connectivity index (χ0v) is 17.2. The van der Waals surface area contributed by atoms with E-state index in [1.807, 2.05) is 26.8 Å². The summed E-state index contributed by atoms with van der Waals surface area (Å²) in [4.78, 5) is 28.8. The normalized spacial score (nSPS) is 11.0. The molecule has 0 spiro atoms. The van der Waals surface area contributed by atoms with Gasteiger partial charge in [-0.1, -0.05) is 0 Å². The molecule has 0 aromatic carbocycles. The van der Waals surface area contributed by atoms with Crippen LogP contribution in [0.5, 0.6) is 0 Å². The molecule has 0 saturated heterocycles. The van der Waals surface area contributed by atoms with Crippen molar-refractivity contribution in [2.75, 3.05) is 0 Å². The average molecular weight is 433 g/mol. The zero-order valence-electron chi connectivity index (χ0n) is 15.6. The van der Waals surface area contributed by atoms with Crippen LogP contribution in [-0.2, 0) is 18.3 Å². The fraction of sp³-hybridized carbons (Fsp3) is 0.333. The van der Waals surface area contributed by atoms with Gasteiger partial charge in [-0.3, -0.25) is 20.4 Å². The summed E-state index contributed by atoms with van der Waals surface area (Å²) in [6.45, 7) is 5.82. The van der Waals surface area contributed by atoms with E-state index in [9.17, 15) is 9.59 Å². The van der Waals surface area contributed by atoms with Crippen molar-refractivity contribution in [3.8, 4) is 0 Å². The van der Waals surface area contributed by atoms with Crippen LogP contribution in [0.2, 0.25) is 0 Å². The Morgan fingerprint density at radius 3 is 2.59 bits per heavy atom. The van der Waals surface area contributed by atoms with Crippen molar-refractivity contribution in [2.24, 2.45) is 7.05 Å². The number of hydrogen-bond donors (Lipinski definition) is 2. The number of aryl methyl sites for hydroxylation is 4. The number of rotatable bonds is 4. The van der Waals surface area contributed by atoms with Crippen molar-refractivity contribution in [1.29, 1.82) is 0 Å². The lowest BCUT2D eigenvalue weighted by molar-refractivity contribution is -0.121. The molecule has 3 aromatic heterocycles. The predicted molar refractivity (Wildman–Crippen MR) is 104 cm³/mol. The van der Waals surface area contributed by atoms with E-state index in [4.69, 9.17) is 0 Å². The molecule has 3 rings (SSSR count). The van der Waals surface area contributed by atoms with Crippen molar-refractivity contribution < 1.29 is 9.59 Å². The third-order valence-corrected chi connectivity index (χ3v) is 4.84. The quantitative estimate of drug-likeness (QED) is 0.617. The summed E-state index contributed by atoms with van der Waals surface area (Å²) < 4.78 is 4.26. The van der Waals surface area contributed by atoms with Gasteiger partial charge in [-0.15, -0.1) is 0 Å². The van der Waals surface area contributed by atoms with Gasteiger partial charge in [0.2, 0.25) is 5.91 Å². The second-order valence-corrected chi connectivity index (χ2v) is 7.39. The highest BCUT2D eigenvalue weighted by atomic mass is 79.9. The topological polar surface area (TPSA) is 93.3 Å². The van der Waals surface area contributed by atoms with Gasteiger partial charge < -0.3 is 4.57 Å². The number of nitrogens with one attached hydrogen (secondary N) is 2. The molecule has 0 saturated carbocycles. The first-order valence-corrected chi connectivity index (χ1v) is 9.29. The number of hydrogen-bond acceptors (Lipinski definition) is 4. The van der Waals surface area contributed by atoms with E-state index in [1.54, 1.807) is 28.4 Å². The van der Waals surface area contributed by atoms with Crippen LogP contribution >= 0.6 is 15.9 Å². The summed E-state index contributed by atoms with van der Waals surface area (Å²) in [5.41, 5.74) is 9.87. The number of halogens is 1. The van der Waals surface area contributed by atoms with Crippen molar-refractivity contribution in [2.45, 2.75) is 33.6 Å². The molecule has 0 bridgehead atoms. The summed E-state index contributed by atoms with van der Waals surface area (Å²) in [7, 11) is 1.76. The Labute approximate surface area is 165 Å². The predicted octanol–water partition coefficient (Wildman–Crippen LogP) is 2.15. The third kappa shape index (κ3) is 4.02. The number of nitrogens with zero attached hydrogens (tertiary/aromatic N) is 4. The van der Waals surface area contributed by atoms with Crippen LogP contribution < -0.4 is 10.9 Å². The van der Waals surface area contributed by atoms with Gasteiger partial charge in [-0.2, -0.15) is 5.10 Å². The van der Waals surface area contributed by atoms with Crippen LogP contribution in [-0.4, -0.2) is 31.0 Å². The van der Waals surface area contributed by atoms with Crippen LogP contribution in [0.3, 0.4) is 0 Å². The van der Waals surface area contributed by atoms with Gasteiger partial charge in [-0.25, -0.2) is 9.50 Å². The molecule has 0 atom stereocenters. The van der Waals surface area contributed by atoms with E-state index in [2.05, 4.69) is 36.9 Å². The van der Waals surface area contributed by atoms with Crippen LogP contribution in [0, 0.1) is 20.8 Å². The van der Waals surface area contributed by atoms with E-state index < -0.39 is 0 Å². The van der Waals surface area contributed by atoms with Gasteiger partial charge in [0.15, 0.2) is 5.65 Å². The zero-order chi connectivity index (χ0) is 19.7. The Bertz CT molecular complexity index is 1040. The summed E-state index contributed by atoms with van der Waals surface area (Å²) in [5, 5.41) is 4.44. The minimum Gasteiger partial charge on any atom is -0.345 e. The molecule has 0 unspecified atom stereocenters. The monoisotopic (exact) mass is 432 g/mol. The first kappa shape index (κ1) is 19.1. The van der Waals surface area contributed by atoms with Crippen LogP contribution in [0.4, 0.5) is 0 Å². The second kappa shape index (κ2) is 7.51. The van der Waals surface area contributed by atoms with Gasteiger partial charge in [0.25, 0.3) is 5.91 Å². The standard InChI is InChI=1S/C18H21BrN6O2/c1-10-7-16-20-11(2)14(12(3)25(16)23-10)5-6-17(26)21-22-18(27)15-8-13(19)9-24(15)4/h7-9H,5-6H2,1-4H3,(H,21,26)(H,22,27). The number of aromatic nitrogens is 4. The first-order chi connectivity index (χ1) is 12.8. The first-order valence-electron chi connectivity index (χ1n) is 8.49. The molecular formula is C18H21BrN6O2. The molecule has 2 N–H and O–H groups in total. The molecular weight excluding hydrogens is 412 g/mol. The van der Waals surface area contributed by atoms with Gasteiger partial charge in [0, 0.05) is 41.6 Å². The van der Waals surface area contributed by atoms with Crippen LogP contribution in [0.15, 0.2) is 22.8 Å². The molecule has 3 heterocycles. The van der Waals surface area contributed by atoms with Crippen LogP contribution in [0.25, 0.3) is 5.65 Å². The molecule has 9 heteroatoms. The lowest BCUT2D eigenvalue weighted by Gasteiger charge is -2.11. The van der Waals surface area contributed by atoms with Crippen LogP contribution in [0.1, 0.15) is 39.6 Å². The second-order valence-electron chi connectivity index (χ2n) is 6.47. The van der Waals surface area contributed by atoms with Gasteiger partial charge in [0.05, 0.1) is 5.69 Å². The molecule has 0 aliphatic heterocycles.